The largest absolute Gasteiger partial charge is 0.486 e. The van der Waals surface area contributed by atoms with E-state index in [9.17, 15) is 4.79 Å². The van der Waals surface area contributed by atoms with Crippen LogP contribution in [0.5, 0.6) is 11.5 Å². The molecule has 0 bridgehead atoms. The number of nitrogens with zero attached hydrogens (tertiary/aromatic N) is 3. The van der Waals surface area contributed by atoms with E-state index < -0.39 is 0 Å². The Morgan fingerprint density at radius 3 is 2.44 bits per heavy atom. The number of nitrogens with one attached hydrogen (secondary N) is 1. The van der Waals surface area contributed by atoms with Crippen molar-refractivity contribution in [2.45, 2.75) is 31.7 Å². The summed E-state index contributed by atoms with van der Waals surface area (Å²) in [7, 11) is 0. The highest BCUT2D eigenvalue weighted by molar-refractivity contribution is 7.18. The van der Waals surface area contributed by atoms with E-state index in [-0.39, 0.29) is 11.6 Å². The summed E-state index contributed by atoms with van der Waals surface area (Å²) >= 11 is 1.26. The molecule has 3 aliphatic heterocycles. The Bertz CT molecular complexity index is 1230. The summed E-state index contributed by atoms with van der Waals surface area (Å²) in [5.74, 6) is 1.27. The fraction of sp³-hybridized carbons (Fsp3) is 0.407. The average Bonchev–Trinajstić information content (AvgIpc) is 3.59. The van der Waals surface area contributed by atoms with Crippen molar-refractivity contribution in [3.05, 3.63) is 52.9 Å². The number of fused-ring (bicyclic) bond motifs is 1. The van der Waals surface area contributed by atoms with Crippen molar-refractivity contribution in [3.63, 3.8) is 0 Å². The molecule has 0 unspecified atom stereocenters. The minimum absolute atomic E-state index is 0.178. The number of likely N-dealkylation sites (tertiary alicyclic amines) is 1. The minimum atomic E-state index is -0.178. The predicted molar refractivity (Wildman–Crippen MR) is 143 cm³/mol. The summed E-state index contributed by atoms with van der Waals surface area (Å²) in [6, 6.07) is 14.4. The van der Waals surface area contributed by atoms with Gasteiger partial charge >= 0.3 is 0 Å². The quantitative estimate of drug-likeness (QED) is 0.472. The molecule has 0 amide bonds. The van der Waals surface area contributed by atoms with Gasteiger partial charge in [-0.05, 0) is 81.2 Å². The molecule has 9 heteroatoms. The monoisotopic (exact) mass is 505 g/mol. The smallest absolute Gasteiger partial charge is 0.206 e. The van der Waals surface area contributed by atoms with Gasteiger partial charge in [0, 0.05) is 36.1 Å². The Morgan fingerprint density at radius 2 is 1.69 bits per heavy atom. The molecule has 0 aliphatic carbocycles. The summed E-state index contributed by atoms with van der Waals surface area (Å²) in [4.78, 5) is 23.1. The third-order valence-electron chi connectivity index (χ3n) is 7.27. The molecule has 6 rings (SSSR count). The number of hydrogen-bond donors (Lipinski definition) is 2. The maximum absolute atomic E-state index is 13.1. The lowest BCUT2D eigenvalue weighted by molar-refractivity contribution is 0.104. The van der Waals surface area contributed by atoms with Crippen LogP contribution in [0.15, 0.2) is 42.5 Å². The van der Waals surface area contributed by atoms with Gasteiger partial charge in [0.15, 0.2) is 16.6 Å². The molecular weight excluding hydrogens is 474 g/mol. The van der Waals surface area contributed by atoms with Gasteiger partial charge in [0.1, 0.15) is 23.9 Å². The number of carbonyl (C=O) groups excluding carboxylic acids is 1. The first kappa shape index (κ1) is 23.1. The first-order valence-corrected chi connectivity index (χ1v) is 13.5. The summed E-state index contributed by atoms with van der Waals surface area (Å²) in [6.07, 6.45) is 5.18. The van der Waals surface area contributed by atoms with E-state index in [1.807, 2.05) is 0 Å². The zero-order valence-corrected chi connectivity index (χ0v) is 21.1. The van der Waals surface area contributed by atoms with Gasteiger partial charge in [-0.1, -0.05) is 11.3 Å². The molecule has 3 N–H and O–H groups in total. The maximum atomic E-state index is 13.1. The Hall–Kier alpha value is -3.30. The molecule has 0 spiro atoms. The Kier molecular flexibility index (Phi) is 6.41. The number of hydrogen-bond acceptors (Lipinski definition) is 9. The maximum Gasteiger partial charge on any atom is 0.206 e. The van der Waals surface area contributed by atoms with Gasteiger partial charge in [0.05, 0.1) is 0 Å². The number of carbonyl (C=O) groups is 1. The Labute approximate surface area is 215 Å². The van der Waals surface area contributed by atoms with Crippen LogP contribution in [0.25, 0.3) is 0 Å². The van der Waals surface area contributed by atoms with E-state index >= 15 is 0 Å². The Morgan fingerprint density at radius 1 is 0.972 bits per heavy atom. The van der Waals surface area contributed by atoms with Gasteiger partial charge in [-0.2, -0.15) is 0 Å². The van der Waals surface area contributed by atoms with Crippen molar-refractivity contribution in [1.29, 1.82) is 0 Å². The number of ether oxygens (including phenoxy) is 2. The molecule has 0 saturated carbocycles. The third-order valence-corrected chi connectivity index (χ3v) is 8.25. The number of thiazole rings is 1. The lowest BCUT2D eigenvalue weighted by Crippen LogP contribution is -2.43. The number of ketones is 1. The molecule has 8 nitrogen and oxygen atoms in total. The number of nitrogens with two attached hydrogens (primary N) is 1. The molecule has 2 saturated heterocycles. The van der Waals surface area contributed by atoms with Gasteiger partial charge in [-0.15, -0.1) is 0 Å². The molecule has 3 aromatic rings. The highest BCUT2D eigenvalue weighted by Gasteiger charge is 2.26. The van der Waals surface area contributed by atoms with Crippen LogP contribution in [-0.2, 0) is 0 Å². The highest BCUT2D eigenvalue weighted by atomic mass is 32.1. The number of nitrogen functional groups attached to an aromatic ring is 1. The van der Waals surface area contributed by atoms with Gasteiger partial charge < -0.3 is 30.3 Å². The predicted octanol–water partition coefficient (Wildman–Crippen LogP) is 4.54. The molecule has 1 aromatic heterocycles. The van der Waals surface area contributed by atoms with Crippen LogP contribution < -0.4 is 25.4 Å². The molecule has 2 fully saturated rings. The van der Waals surface area contributed by atoms with Gasteiger partial charge in [-0.3, -0.25) is 4.79 Å². The number of aromatic nitrogens is 1. The summed E-state index contributed by atoms with van der Waals surface area (Å²) < 4.78 is 11.2. The van der Waals surface area contributed by atoms with Crippen molar-refractivity contribution < 1.29 is 14.3 Å². The van der Waals surface area contributed by atoms with Gasteiger partial charge in [0.2, 0.25) is 5.78 Å². The van der Waals surface area contributed by atoms with E-state index in [1.54, 1.807) is 18.2 Å². The van der Waals surface area contributed by atoms with Crippen LogP contribution in [0.1, 0.15) is 40.9 Å². The fourth-order valence-corrected chi connectivity index (χ4v) is 6.21. The van der Waals surface area contributed by atoms with E-state index in [1.165, 1.54) is 55.8 Å². The lowest BCUT2D eigenvalue weighted by atomic mass is 10.0. The normalized spacial score (nSPS) is 18.4. The van der Waals surface area contributed by atoms with Gasteiger partial charge in [0.25, 0.3) is 0 Å². The summed E-state index contributed by atoms with van der Waals surface area (Å²) in [5.41, 5.74) is 8.78. The topological polar surface area (TPSA) is 93.0 Å². The molecule has 3 aliphatic rings. The minimum Gasteiger partial charge on any atom is -0.486 e. The zero-order valence-electron chi connectivity index (χ0n) is 20.2. The second kappa shape index (κ2) is 9.99. The first-order chi connectivity index (χ1) is 17.6. The van der Waals surface area contributed by atoms with E-state index in [2.05, 4.69) is 44.4 Å². The second-order valence-electron chi connectivity index (χ2n) is 9.55. The molecule has 36 heavy (non-hydrogen) atoms. The second-order valence-corrected chi connectivity index (χ2v) is 10.6. The molecule has 2 aromatic carbocycles. The van der Waals surface area contributed by atoms with E-state index in [4.69, 9.17) is 15.2 Å². The summed E-state index contributed by atoms with van der Waals surface area (Å²) in [5, 5.41) is 3.89. The van der Waals surface area contributed by atoms with Crippen molar-refractivity contribution in [2.75, 3.05) is 55.3 Å². The van der Waals surface area contributed by atoms with Crippen molar-refractivity contribution in [3.8, 4) is 11.5 Å². The highest BCUT2D eigenvalue weighted by Crippen LogP contribution is 2.35. The lowest BCUT2D eigenvalue weighted by Gasteiger charge is -2.37. The standard InChI is InChI=1S/C27H31N5O3S/c28-26-25(24(33)18-3-8-22-23(17-18)35-16-15-34-22)36-27(30-26)29-19-4-6-20(7-5-19)32-13-9-21(10-14-32)31-11-1-2-12-31/h3-8,17,21H,1-2,9-16,28H2,(H,29,30). The number of anilines is 4. The van der Waals surface area contributed by atoms with Crippen molar-refractivity contribution in [2.24, 2.45) is 0 Å². The molecule has 0 radical (unpaired) electrons. The third kappa shape index (κ3) is 4.73. The van der Waals surface area contributed by atoms with Crippen LogP contribution in [0.2, 0.25) is 0 Å². The number of piperidine rings is 1. The average molecular weight is 506 g/mol. The van der Waals surface area contributed by atoms with Crippen LogP contribution in [-0.4, -0.2) is 61.1 Å². The Balaban J connectivity index is 1.09. The molecule has 188 valence electrons. The van der Waals surface area contributed by atoms with Crippen molar-refractivity contribution in [1.82, 2.24) is 9.88 Å². The van der Waals surface area contributed by atoms with E-state index in [0.29, 0.717) is 40.3 Å². The summed E-state index contributed by atoms with van der Waals surface area (Å²) in [6.45, 7) is 5.73. The van der Waals surface area contributed by atoms with E-state index in [0.717, 1.165) is 24.8 Å². The number of rotatable bonds is 6. The van der Waals surface area contributed by atoms with Crippen LogP contribution in [0.4, 0.5) is 22.3 Å². The first-order valence-electron chi connectivity index (χ1n) is 12.7. The molecule has 4 heterocycles. The van der Waals surface area contributed by atoms with Crippen LogP contribution >= 0.6 is 11.3 Å². The fourth-order valence-electron chi connectivity index (χ4n) is 5.34. The van der Waals surface area contributed by atoms with Crippen LogP contribution in [0.3, 0.4) is 0 Å². The number of benzene rings is 2. The SMILES string of the molecule is Nc1nc(Nc2ccc(N3CCC(N4CCCC4)CC3)cc2)sc1C(=O)c1ccc2c(c1)OCCO2. The van der Waals surface area contributed by atoms with Gasteiger partial charge in [-0.25, -0.2) is 4.98 Å². The van der Waals surface area contributed by atoms with Crippen LogP contribution in [0, 0.1) is 0 Å². The molecular formula is C27H31N5O3S. The molecule has 0 atom stereocenters. The zero-order chi connectivity index (χ0) is 24.5. The van der Waals surface area contributed by atoms with Crippen molar-refractivity contribution >= 4 is 39.4 Å².